The van der Waals surface area contributed by atoms with E-state index in [1.54, 1.807) is 17.9 Å². The van der Waals surface area contributed by atoms with Crippen LogP contribution in [0, 0.1) is 0 Å². The number of fused-ring (bicyclic) bond motifs is 1. The molecule has 54 valence electrons. The molecule has 0 amide bonds. The van der Waals surface area contributed by atoms with Gasteiger partial charge in [-0.15, -0.1) is 11.3 Å². The number of nitrogens with zero attached hydrogens (tertiary/aromatic N) is 2. The number of aromatic nitrogens is 2. The molecule has 0 bridgehead atoms. The molecule has 0 unspecified atom stereocenters. The summed E-state index contributed by atoms with van der Waals surface area (Å²) in [6.45, 7) is 0. The van der Waals surface area contributed by atoms with Crippen molar-refractivity contribution in [3.05, 3.63) is 34.3 Å². The average Bonchev–Trinajstić information content (AvgIpc) is 2.06. The molecule has 0 aromatic carbocycles. The fraction of sp³-hybridized carbons (Fsp3) is 0. The van der Waals surface area contributed by atoms with Crippen molar-refractivity contribution < 1.29 is 0 Å². The third-order valence-corrected chi connectivity index (χ3v) is 2.18. The Balaban J connectivity index is 3.03. The summed E-state index contributed by atoms with van der Waals surface area (Å²) in [6, 6.07) is 1.81. The van der Waals surface area contributed by atoms with Gasteiger partial charge in [0.25, 0.3) is 5.56 Å². The number of hydrogen-bond donors (Lipinski definition) is 0. The Morgan fingerprint density at radius 1 is 1.45 bits per heavy atom. The maximum atomic E-state index is 11.0. The molecule has 0 spiro atoms. The van der Waals surface area contributed by atoms with E-state index in [-0.39, 0.29) is 5.56 Å². The van der Waals surface area contributed by atoms with Crippen molar-refractivity contribution in [2.75, 3.05) is 0 Å². The molecule has 0 saturated heterocycles. The van der Waals surface area contributed by atoms with Crippen LogP contribution in [-0.2, 0) is 0 Å². The SMILES string of the molecule is O=c1ncsc2ccncc12. The summed E-state index contributed by atoms with van der Waals surface area (Å²) in [4.78, 5) is 18.5. The van der Waals surface area contributed by atoms with Crippen molar-refractivity contribution >= 4 is 21.4 Å². The van der Waals surface area contributed by atoms with Gasteiger partial charge < -0.3 is 0 Å². The van der Waals surface area contributed by atoms with Crippen LogP contribution in [0.1, 0.15) is 0 Å². The highest BCUT2D eigenvalue weighted by Gasteiger charge is 1.95. The van der Waals surface area contributed by atoms with Gasteiger partial charge in [-0.25, -0.2) is 4.98 Å². The Morgan fingerprint density at radius 2 is 2.36 bits per heavy atom. The molecule has 0 aliphatic heterocycles. The molecule has 2 rings (SSSR count). The standard InChI is InChI=1S/C7H4N2OS/c10-7-5-3-8-2-1-6(5)11-4-9-7/h1-4H. The van der Waals surface area contributed by atoms with Gasteiger partial charge in [-0.05, 0) is 6.07 Å². The van der Waals surface area contributed by atoms with Crippen LogP contribution < -0.4 is 5.56 Å². The second-order valence-corrected chi connectivity index (χ2v) is 2.92. The molecule has 2 aromatic heterocycles. The molecule has 0 N–H and O–H groups in total. The second-order valence-electron chi connectivity index (χ2n) is 2.03. The van der Waals surface area contributed by atoms with Gasteiger partial charge in [0.05, 0.1) is 10.9 Å². The molecule has 4 heteroatoms. The third kappa shape index (κ3) is 1.01. The minimum Gasteiger partial charge on any atom is -0.267 e. The number of hydrogen-bond acceptors (Lipinski definition) is 4. The van der Waals surface area contributed by atoms with Crippen LogP contribution in [-0.4, -0.2) is 9.97 Å². The Morgan fingerprint density at radius 3 is 3.18 bits per heavy atom. The van der Waals surface area contributed by atoms with E-state index in [1.165, 1.54) is 11.3 Å². The summed E-state index contributed by atoms with van der Waals surface area (Å²) in [6.07, 6.45) is 3.21. The summed E-state index contributed by atoms with van der Waals surface area (Å²) in [5.74, 6) is 0. The molecule has 0 aliphatic rings. The van der Waals surface area contributed by atoms with E-state index in [4.69, 9.17) is 0 Å². The molecule has 3 nitrogen and oxygen atoms in total. The summed E-state index contributed by atoms with van der Waals surface area (Å²) in [5.41, 5.74) is 1.34. The minimum atomic E-state index is -0.202. The van der Waals surface area contributed by atoms with Crippen molar-refractivity contribution in [3.8, 4) is 0 Å². The fourth-order valence-corrected chi connectivity index (χ4v) is 1.51. The first kappa shape index (κ1) is 6.42. The van der Waals surface area contributed by atoms with E-state index < -0.39 is 0 Å². The molecule has 0 aliphatic carbocycles. The quantitative estimate of drug-likeness (QED) is 0.584. The first-order chi connectivity index (χ1) is 5.38. The molecule has 0 saturated carbocycles. The molecular formula is C7H4N2OS. The summed E-state index contributed by atoms with van der Waals surface area (Å²) >= 11 is 1.44. The number of pyridine rings is 1. The fourth-order valence-electron chi connectivity index (χ4n) is 0.846. The molecule has 2 heterocycles. The van der Waals surface area contributed by atoms with Crippen LogP contribution in [0.2, 0.25) is 0 Å². The van der Waals surface area contributed by atoms with Gasteiger partial charge >= 0.3 is 0 Å². The average molecular weight is 164 g/mol. The van der Waals surface area contributed by atoms with Gasteiger partial charge in [-0.3, -0.25) is 9.78 Å². The molecule has 0 radical (unpaired) electrons. The van der Waals surface area contributed by atoms with Gasteiger partial charge in [0.2, 0.25) is 0 Å². The van der Waals surface area contributed by atoms with E-state index in [2.05, 4.69) is 9.97 Å². The van der Waals surface area contributed by atoms with E-state index >= 15 is 0 Å². The third-order valence-electron chi connectivity index (χ3n) is 1.36. The highest BCUT2D eigenvalue weighted by atomic mass is 32.1. The maximum absolute atomic E-state index is 11.0. The zero-order valence-corrected chi connectivity index (χ0v) is 6.34. The van der Waals surface area contributed by atoms with Gasteiger partial charge in [0.15, 0.2) is 0 Å². The largest absolute Gasteiger partial charge is 0.280 e. The molecule has 11 heavy (non-hydrogen) atoms. The van der Waals surface area contributed by atoms with Crippen molar-refractivity contribution in [2.24, 2.45) is 0 Å². The molecular weight excluding hydrogens is 160 g/mol. The van der Waals surface area contributed by atoms with Gasteiger partial charge in [0.1, 0.15) is 0 Å². The highest BCUT2D eigenvalue weighted by Crippen LogP contribution is 2.10. The topological polar surface area (TPSA) is 42.9 Å². The van der Waals surface area contributed by atoms with Crippen LogP contribution in [0.15, 0.2) is 28.8 Å². The van der Waals surface area contributed by atoms with Gasteiger partial charge in [-0.1, -0.05) is 0 Å². The zero-order chi connectivity index (χ0) is 7.68. The Hall–Kier alpha value is -1.29. The van der Waals surface area contributed by atoms with Crippen LogP contribution in [0.3, 0.4) is 0 Å². The number of rotatable bonds is 0. The van der Waals surface area contributed by atoms with E-state index in [9.17, 15) is 4.79 Å². The van der Waals surface area contributed by atoms with Crippen molar-refractivity contribution in [1.82, 2.24) is 9.97 Å². The summed E-state index contributed by atoms with van der Waals surface area (Å²) in [5, 5.41) is 0.597. The van der Waals surface area contributed by atoms with E-state index in [0.717, 1.165) is 4.70 Å². The summed E-state index contributed by atoms with van der Waals surface area (Å²) < 4.78 is 0.931. The molecule has 0 fully saturated rings. The first-order valence-corrected chi connectivity index (χ1v) is 3.93. The second kappa shape index (κ2) is 2.39. The Labute approximate surface area is 66.4 Å². The predicted molar refractivity (Wildman–Crippen MR) is 43.7 cm³/mol. The van der Waals surface area contributed by atoms with Crippen molar-refractivity contribution in [2.45, 2.75) is 0 Å². The minimum absolute atomic E-state index is 0.202. The molecule has 2 aromatic rings. The van der Waals surface area contributed by atoms with Crippen LogP contribution in [0.4, 0.5) is 0 Å². The highest BCUT2D eigenvalue weighted by molar-refractivity contribution is 7.16. The Bertz CT molecular complexity index is 432. The lowest BCUT2D eigenvalue weighted by Gasteiger charge is -1.89. The predicted octanol–water partition coefficient (Wildman–Crippen LogP) is 1.05. The maximum Gasteiger partial charge on any atom is 0.280 e. The zero-order valence-electron chi connectivity index (χ0n) is 5.52. The van der Waals surface area contributed by atoms with E-state index in [1.807, 2.05) is 6.07 Å². The monoisotopic (exact) mass is 164 g/mol. The van der Waals surface area contributed by atoms with Gasteiger partial charge in [-0.2, -0.15) is 0 Å². The smallest absolute Gasteiger partial charge is 0.267 e. The van der Waals surface area contributed by atoms with E-state index in [0.29, 0.717) is 5.39 Å². The van der Waals surface area contributed by atoms with Crippen molar-refractivity contribution in [1.29, 1.82) is 0 Å². The van der Waals surface area contributed by atoms with Crippen molar-refractivity contribution in [3.63, 3.8) is 0 Å². The Kier molecular flexibility index (Phi) is 1.40. The van der Waals surface area contributed by atoms with Gasteiger partial charge in [0, 0.05) is 17.1 Å². The summed E-state index contributed by atoms with van der Waals surface area (Å²) in [7, 11) is 0. The first-order valence-electron chi connectivity index (χ1n) is 3.05. The van der Waals surface area contributed by atoms with Crippen LogP contribution in [0.25, 0.3) is 10.1 Å². The normalized spacial score (nSPS) is 10.2. The lowest BCUT2D eigenvalue weighted by molar-refractivity contribution is 1.29. The van der Waals surface area contributed by atoms with Crippen LogP contribution in [0.5, 0.6) is 0 Å². The lowest BCUT2D eigenvalue weighted by atomic mass is 10.4. The van der Waals surface area contributed by atoms with Crippen LogP contribution >= 0.6 is 11.3 Å². The molecule has 0 atom stereocenters. The lowest BCUT2D eigenvalue weighted by Crippen LogP contribution is -2.02.